The van der Waals surface area contributed by atoms with Crippen LogP contribution in [0.3, 0.4) is 0 Å². The van der Waals surface area contributed by atoms with E-state index in [-0.39, 0.29) is 17.2 Å². The van der Waals surface area contributed by atoms with Crippen LogP contribution < -0.4 is 0 Å². The molecule has 2 rings (SSSR count). The molecule has 0 aliphatic heterocycles. The third-order valence-corrected chi connectivity index (χ3v) is 4.43. The molecule has 0 spiro atoms. The van der Waals surface area contributed by atoms with Crippen LogP contribution in [0.1, 0.15) is 39.2 Å². The summed E-state index contributed by atoms with van der Waals surface area (Å²) < 4.78 is 0. The number of nitrogens with zero attached hydrogens (tertiary/aromatic N) is 1. The number of amides is 1. The Balaban J connectivity index is 0.000000346. The molecule has 1 aromatic rings. The minimum Gasteiger partial charge on any atom is -0.349 e. The van der Waals surface area contributed by atoms with E-state index in [1.54, 1.807) is 14.1 Å². The van der Waals surface area contributed by atoms with Crippen molar-refractivity contribution in [2.75, 3.05) is 14.1 Å². The van der Waals surface area contributed by atoms with Crippen molar-refractivity contribution >= 4 is 23.3 Å². The molecule has 0 radical (unpaired) electrons. The number of ketones is 1. The molecule has 22 heavy (non-hydrogen) atoms. The molecule has 1 aliphatic rings. The fourth-order valence-corrected chi connectivity index (χ4v) is 2.57. The fraction of sp³-hybridized carbons (Fsp3) is 0.556. The maximum Gasteiger partial charge on any atom is 0.218 e. The van der Waals surface area contributed by atoms with Gasteiger partial charge in [-0.05, 0) is 37.0 Å². The summed E-state index contributed by atoms with van der Waals surface area (Å²) in [4.78, 5) is 23.7. The molecule has 4 heteroatoms. The summed E-state index contributed by atoms with van der Waals surface area (Å²) >= 11 is 5.84. The van der Waals surface area contributed by atoms with E-state index in [0.29, 0.717) is 5.78 Å². The van der Waals surface area contributed by atoms with E-state index in [2.05, 4.69) is 13.8 Å². The number of carbonyl (C=O) groups excluding carboxylic acids is 2. The Hall–Kier alpha value is -1.35. The highest BCUT2D eigenvalue weighted by Crippen LogP contribution is 2.38. The van der Waals surface area contributed by atoms with Gasteiger partial charge in [-0.3, -0.25) is 9.59 Å². The summed E-state index contributed by atoms with van der Waals surface area (Å²) in [6, 6.07) is 7.81. The van der Waals surface area contributed by atoms with Gasteiger partial charge >= 0.3 is 0 Å². The quantitative estimate of drug-likeness (QED) is 0.825. The monoisotopic (exact) mass is 323 g/mol. The topological polar surface area (TPSA) is 37.4 Å². The zero-order valence-electron chi connectivity index (χ0n) is 14.1. The summed E-state index contributed by atoms with van der Waals surface area (Å²) in [5.41, 5.74) is 1.09. The molecule has 1 atom stereocenters. The maximum absolute atomic E-state index is 12.1. The van der Waals surface area contributed by atoms with Crippen LogP contribution in [-0.2, 0) is 16.0 Å². The smallest absolute Gasteiger partial charge is 0.218 e. The Labute approximate surface area is 138 Å². The van der Waals surface area contributed by atoms with Gasteiger partial charge in [0.2, 0.25) is 5.91 Å². The van der Waals surface area contributed by atoms with Crippen LogP contribution >= 0.6 is 11.6 Å². The molecule has 3 nitrogen and oxygen atoms in total. The van der Waals surface area contributed by atoms with Gasteiger partial charge in [-0.15, -0.1) is 0 Å². The van der Waals surface area contributed by atoms with Crippen LogP contribution in [0.2, 0.25) is 5.02 Å². The van der Waals surface area contributed by atoms with Crippen molar-refractivity contribution in [2.24, 2.45) is 11.3 Å². The Morgan fingerprint density at radius 3 is 2.14 bits per heavy atom. The first-order valence-corrected chi connectivity index (χ1v) is 7.98. The average Bonchev–Trinajstić information content (AvgIpc) is 2.69. The standard InChI is InChI=1S/C14H17ClO.C4H9NO/c1-14(2)8-7-11(13(14)16)9-10-3-5-12(15)6-4-10;1-4(6)5(2)3/h3-6,11H,7-9H2,1-2H3;1-3H3. The van der Waals surface area contributed by atoms with Gasteiger partial charge in [-0.25, -0.2) is 0 Å². The van der Waals surface area contributed by atoms with Gasteiger partial charge in [0.25, 0.3) is 0 Å². The van der Waals surface area contributed by atoms with E-state index in [4.69, 9.17) is 11.6 Å². The minimum absolute atomic E-state index is 0.0926. The highest BCUT2D eigenvalue weighted by atomic mass is 35.5. The van der Waals surface area contributed by atoms with E-state index >= 15 is 0 Å². The van der Waals surface area contributed by atoms with Crippen LogP contribution in [0.15, 0.2) is 24.3 Å². The fourth-order valence-electron chi connectivity index (χ4n) is 2.44. The number of halogens is 1. The number of hydrogen-bond acceptors (Lipinski definition) is 2. The first kappa shape index (κ1) is 18.7. The zero-order chi connectivity index (χ0) is 16.9. The van der Waals surface area contributed by atoms with Crippen LogP contribution in [0.5, 0.6) is 0 Å². The second kappa shape index (κ2) is 7.77. The Bertz CT molecular complexity index is 520. The summed E-state index contributed by atoms with van der Waals surface area (Å²) in [6.45, 7) is 5.63. The maximum atomic E-state index is 12.1. The lowest BCUT2D eigenvalue weighted by Gasteiger charge is -2.15. The molecule has 1 saturated carbocycles. The molecule has 0 N–H and O–H groups in total. The second-order valence-corrected chi connectivity index (χ2v) is 7.16. The molecular weight excluding hydrogens is 298 g/mol. The van der Waals surface area contributed by atoms with Gasteiger partial charge < -0.3 is 4.90 Å². The average molecular weight is 324 g/mol. The lowest BCUT2D eigenvalue weighted by Crippen LogP contribution is -2.22. The molecule has 1 aliphatic carbocycles. The Kier molecular flexibility index (Phi) is 6.61. The number of Topliss-reactive ketones (excluding diaryl/α,β-unsaturated/α-hetero) is 1. The SMILES string of the molecule is CC(=O)N(C)C.CC1(C)CCC(Cc2ccc(Cl)cc2)C1=O. The minimum atomic E-state index is -0.114. The predicted molar refractivity (Wildman–Crippen MR) is 91.0 cm³/mol. The number of carbonyl (C=O) groups is 2. The van der Waals surface area contributed by atoms with Crippen molar-refractivity contribution in [1.29, 1.82) is 0 Å². The summed E-state index contributed by atoms with van der Waals surface area (Å²) in [6.07, 6.45) is 2.90. The van der Waals surface area contributed by atoms with Gasteiger partial charge in [0.15, 0.2) is 0 Å². The van der Waals surface area contributed by atoms with Crippen molar-refractivity contribution in [3.05, 3.63) is 34.9 Å². The van der Waals surface area contributed by atoms with E-state index < -0.39 is 0 Å². The van der Waals surface area contributed by atoms with Gasteiger partial charge in [0.1, 0.15) is 5.78 Å². The summed E-state index contributed by atoms with van der Waals surface area (Å²) in [7, 11) is 3.45. The molecule has 0 aromatic heterocycles. The third kappa shape index (κ3) is 5.45. The molecule has 1 fully saturated rings. The Morgan fingerprint density at radius 1 is 1.27 bits per heavy atom. The summed E-state index contributed by atoms with van der Waals surface area (Å²) in [5, 5.41) is 0.752. The molecule has 1 amide bonds. The van der Waals surface area contributed by atoms with Gasteiger partial charge in [0.05, 0.1) is 0 Å². The molecule has 0 heterocycles. The van der Waals surface area contributed by atoms with Crippen LogP contribution in [0.25, 0.3) is 0 Å². The van der Waals surface area contributed by atoms with Crippen molar-refractivity contribution < 1.29 is 9.59 Å². The van der Waals surface area contributed by atoms with Crippen molar-refractivity contribution in [2.45, 2.75) is 40.0 Å². The number of rotatable bonds is 2. The summed E-state index contributed by atoms with van der Waals surface area (Å²) in [5.74, 6) is 0.716. The highest BCUT2D eigenvalue weighted by Gasteiger charge is 2.39. The largest absolute Gasteiger partial charge is 0.349 e. The molecule has 0 saturated heterocycles. The van der Waals surface area contributed by atoms with E-state index in [1.807, 2.05) is 24.3 Å². The first-order chi connectivity index (χ1) is 10.1. The van der Waals surface area contributed by atoms with E-state index in [9.17, 15) is 9.59 Å². The third-order valence-electron chi connectivity index (χ3n) is 4.18. The van der Waals surface area contributed by atoms with Crippen LogP contribution in [0.4, 0.5) is 0 Å². The first-order valence-electron chi connectivity index (χ1n) is 7.60. The van der Waals surface area contributed by atoms with Gasteiger partial charge in [0, 0.05) is 37.4 Å². The molecular formula is C18H26ClNO2. The van der Waals surface area contributed by atoms with E-state index in [1.165, 1.54) is 17.4 Å². The number of benzene rings is 1. The second-order valence-electron chi connectivity index (χ2n) is 6.73. The van der Waals surface area contributed by atoms with Crippen LogP contribution in [0, 0.1) is 11.3 Å². The van der Waals surface area contributed by atoms with Crippen LogP contribution in [-0.4, -0.2) is 30.7 Å². The van der Waals surface area contributed by atoms with Gasteiger partial charge in [-0.2, -0.15) is 0 Å². The van der Waals surface area contributed by atoms with Crippen molar-refractivity contribution in [1.82, 2.24) is 4.90 Å². The van der Waals surface area contributed by atoms with E-state index in [0.717, 1.165) is 24.3 Å². The lowest BCUT2D eigenvalue weighted by atomic mass is 9.87. The number of hydrogen-bond donors (Lipinski definition) is 0. The normalized spacial score (nSPS) is 19.4. The molecule has 0 bridgehead atoms. The predicted octanol–water partition coefficient (Wildman–Crippen LogP) is 3.98. The molecule has 1 aromatic carbocycles. The lowest BCUT2D eigenvalue weighted by molar-refractivity contribution is -0.127. The zero-order valence-corrected chi connectivity index (χ0v) is 14.9. The van der Waals surface area contributed by atoms with Crippen molar-refractivity contribution in [3.63, 3.8) is 0 Å². The van der Waals surface area contributed by atoms with Gasteiger partial charge in [-0.1, -0.05) is 37.6 Å². The molecule has 122 valence electrons. The molecule has 1 unspecified atom stereocenters. The highest BCUT2D eigenvalue weighted by molar-refractivity contribution is 6.30. The van der Waals surface area contributed by atoms with Crippen molar-refractivity contribution in [3.8, 4) is 0 Å². The Morgan fingerprint density at radius 2 is 1.77 bits per heavy atom.